The topological polar surface area (TPSA) is 57.7 Å². The van der Waals surface area contributed by atoms with Crippen LogP contribution in [0, 0.1) is 11.8 Å². The zero-order chi connectivity index (χ0) is 19.2. The molecule has 0 bridgehead atoms. The largest absolute Gasteiger partial charge is 0.342 e. The number of hydrogen-bond donors (Lipinski definition) is 0. The minimum Gasteiger partial charge on any atom is -0.342 e. The number of hydrogen-bond acceptors (Lipinski definition) is 4. The first-order valence-electron chi connectivity index (χ1n) is 9.69. The molecule has 0 aromatic rings. The van der Waals surface area contributed by atoms with Gasteiger partial charge < -0.3 is 4.90 Å². The van der Waals surface area contributed by atoms with Gasteiger partial charge in [0, 0.05) is 25.4 Å². The van der Waals surface area contributed by atoms with Crippen molar-refractivity contribution < 1.29 is 13.2 Å². The van der Waals surface area contributed by atoms with Gasteiger partial charge in [0.1, 0.15) is 0 Å². The Morgan fingerprint density at radius 1 is 1.04 bits per heavy atom. The predicted octanol–water partition coefficient (Wildman–Crippen LogP) is 2.80. The molecule has 0 unspecified atom stereocenters. The maximum atomic E-state index is 12.8. The summed E-state index contributed by atoms with van der Waals surface area (Å²) in [4.78, 5) is 16.8. The zero-order valence-electron chi connectivity index (χ0n) is 17.0. The van der Waals surface area contributed by atoms with Gasteiger partial charge in [0.05, 0.1) is 11.8 Å². The van der Waals surface area contributed by atoms with Crippen LogP contribution in [0.5, 0.6) is 0 Å². The maximum absolute atomic E-state index is 12.8. The summed E-state index contributed by atoms with van der Waals surface area (Å²) >= 11 is 0. The molecule has 148 valence electrons. The number of carbonyl (C=O) groups excluding carboxylic acids is 1. The van der Waals surface area contributed by atoms with Crippen molar-refractivity contribution in [2.24, 2.45) is 11.8 Å². The summed E-state index contributed by atoms with van der Waals surface area (Å²) in [7, 11) is -1.16. The van der Waals surface area contributed by atoms with Crippen LogP contribution in [-0.2, 0) is 14.6 Å². The number of rotatable bonds is 10. The van der Waals surface area contributed by atoms with E-state index < -0.39 is 9.84 Å². The molecule has 1 amide bonds. The van der Waals surface area contributed by atoms with E-state index in [1.807, 2.05) is 16.8 Å². The quantitative estimate of drug-likeness (QED) is 0.590. The van der Waals surface area contributed by atoms with Crippen molar-refractivity contribution >= 4 is 15.7 Å². The molecule has 1 rings (SSSR count). The lowest BCUT2D eigenvalue weighted by Crippen LogP contribution is -2.47. The minimum atomic E-state index is -3.06. The lowest BCUT2D eigenvalue weighted by atomic mass is 10.1. The first-order valence-corrected chi connectivity index (χ1v) is 11.6. The Bertz CT molecular complexity index is 505. The molecule has 0 saturated heterocycles. The Hall–Kier alpha value is -0.620. The van der Waals surface area contributed by atoms with Crippen LogP contribution in [0.25, 0.3) is 0 Å². The van der Waals surface area contributed by atoms with Gasteiger partial charge in [-0.05, 0) is 44.6 Å². The van der Waals surface area contributed by atoms with Gasteiger partial charge in [-0.2, -0.15) is 0 Å². The normalized spacial score (nSPS) is 21.5. The first-order chi connectivity index (χ1) is 11.5. The molecule has 1 aliphatic rings. The lowest BCUT2D eigenvalue weighted by Gasteiger charge is -2.31. The van der Waals surface area contributed by atoms with E-state index in [9.17, 15) is 13.2 Å². The molecule has 1 fully saturated rings. The SMILES string of the molecule is CC(C)CCN(CCC(C)C)C(=O)CN(C)[C@@H]1CCC[C@H]1S(C)(=O)=O. The van der Waals surface area contributed by atoms with Gasteiger partial charge in [-0.3, -0.25) is 9.69 Å². The molecule has 1 aliphatic carbocycles. The van der Waals surface area contributed by atoms with Gasteiger partial charge in [0.25, 0.3) is 0 Å². The summed E-state index contributed by atoms with van der Waals surface area (Å²) in [6, 6.07) is -0.0315. The lowest BCUT2D eigenvalue weighted by molar-refractivity contribution is -0.133. The number of amides is 1. The van der Waals surface area contributed by atoms with Gasteiger partial charge in [-0.1, -0.05) is 34.1 Å². The molecule has 0 spiro atoms. The van der Waals surface area contributed by atoms with Crippen molar-refractivity contribution in [2.75, 3.05) is 32.9 Å². The monoisotopic (exact) mass is 374 g/mol. The average Bonchev–Trinajstić information content (AvgIpc) is 2.96. The van der Waals surface area contributed by atoms with Crippen LogP contribution in [0.3, 0.4) is 0 Å². The molecule has 0 aromatic heterocycles. The Labute approximate surface area is 155 Å². The molecule has 25 heavy (non-hydrogen) atoms. The smallest absolute Gasteiger partial charge is 0.236 e. The summed E-state index contributed by atoms with van der Waals surface area (Å²) in [5.74, 6) is 1.26. The molecular formula is C19H38N2O3S. The highest BCUT2D eigenvalue weighted by Crippen LogP contribution is 2.28. The Kier molecular flexibility index (Phi) is 8.89. The van der Waals surface area contributed by atoms with Gasteiger partial charge in [0.15, 0.2) is 9.84 Å². The van der Waals surface area contributed by atoms with Crippen molar-refractivity contribution in [1.82, 2.24) is 9.80 Å². The number of nitrogens with zero attached hydrogens (tertiary/aromatic N) is 2. The van der Waals surface area contributed by atoms with E-state index in [0.717, 1.165) is 38.8 Å². The van der Waals surface area contributed by atoms with E-state index in [4.69, 9.17) is 0 Å². The second-order valence-electron chi connectivity index (χ2n) is 8.53. The van der Waals surface area contributed by atoms with Gasteiger partial charge in [-0.25, -0.2) is 8.42 Å². The van der Waals surface area contributed by atoms with E-state index in [1.165, 1.54) is 6.26 Å². The molecule has 0 aliphatic heterocycles. The van der Waals surface area contributed by atoms with E-state index in [1.54, 1.807) is 0 Å². The summed E-state index contributed by atoms with van der Waals surface area (Å²) in [5, 5.41) is -0.329. The Morgan fingerprint density at radius 3 is 2.00 bits per heavy atom. The molecule has 1 saturated carbocycles. The molecule has 5 nitrogen and oxygen atoms in total. The summed E-state index contributed by atoms with van der Waals surface area (Å²) in [6.07, 6.45) is 5.83. The fourth-order valence-corrected chi connectivity index (χ4v) is 5.04. The van der Waals surface area contributed by atoms with E-state index in [-0.39, 0.29) is 17.2 Å². The zero-order valence-corrected chi connectivity index (χ0v) is 17.8. The van der Waals surface area contributed by atoms with E-state index >= 15 is 0 Å². The predicted molar refractivity (Wildman–Crippen MR) is 104 cm³/mol. The standard InChI is InChI=1S/C19H38N2O3S/c1-15(2)10-12-21(13-11-16(3)4)19(22)14-20(5)17-8-7-9-18(17)25(6,23)24/h15-18H,7-14H2,1-6H3/t17-,18-/m1/s1. The number of likely N-dealkylation sites (N-methyl/N-ethyl adjacent to an activating group) is 1. The molecule has 0 aromatic carbocycles. The van der Waals surface area contributed by atoms with Crippen LogP contribution in [0.1, 0.15) is 59.8 Å². The van der Waals surface area contributed by atoms with Crippen LogP contribution in [-0.4, -0.2) is 68.4 Å². The van der Waals surface area contributed by atoms with Gasteiger partial charge in [0.2, 0.25) is 5.91 Å². The summed E-state index contributed by atoms with van der Waals surface area (Å²) in [5.41, 5.74) is 0. The number of carbonyl (C=O) groups is 1. The van der Waals surface area contributed by atoms with Crippen LogP contribution < -0.4 is 0 Å². The van der Waals surface area contributed by atoms with E-state index in [2.05, 4.69) is 27.7 Å². The minimum absolute atomic E-state index is 0.0315. The highest BCUT2D eigenvalue weighted by molar-refractivity contribution is 7.91. The van der Waals surface area contributed by atoms with Gasteiger partial charge >= 0.3 is 0 Å². The Balaban J connectivity index is 2.69. The third kappa shape index (κ3) is 7.65. The third-order valence-electron chi connectivity index (χ3n) is 5.22. The van der Waals surface area contributed by atoms with Crippen LogP contribution in [0.15, 0.2) is 0 Å². The highest BCUT2D eigenvalue weighted by Gasteiger charge is 2.37. The highest BCUT2D eigenvalue weighted by atomic mass is 32.2. The second-order valence-corrected chi connectivity index (χ2v) is 10.8. The summed E-state index contributed by atoms with van der Waals surface area (Å²) < 4.78 is 24.0. The molecular weight excluding hydrogens is 336 g/mol. The fourth-order valence-electron chi connectivity index (χ4n) is 3.53. The van der Waals surface area contributed by atoms with Crippen molar-refractivity contribution in [1.29, 1.82) is 0 Å². The van der Waals surface area contributed by atoms with Crippen molar-refractivity contribution in [3.8, 4) is 0 Å². The summed E-state index contributed by atoms with van der Waals surface area (Å²) in [6.45, 7) is 10.6. The average molecular weight is 375 g/mol. The van der Waals surface area contributed by atoms with E-state index in [0.29, 0.717) is 24.8 Å². The van der Waals surface area contributed by atoms with Crippen LogP contribution >= 0.6 is 0 Å². The van der Waals surface area contributed by atoms with Crippen LogP contribution in [0.2, 0.25) is 0 Å². The molecule has 0 N–H and O–H groups in total. The fraction of sp³-hybridized carbons (Fsp3) is 0.947. The first kappa shape index (κ1) is 22.4. The van der Waals surface area contributed by atoms with Gasteiger partial charge in [-0.15, -0.1) is 0 Å². The molecule has 2 atom stereocenters. The van der Waals surface area contributed by atoms with Crippen molar-refractivity contribution in [3.63, 3.8) is 0 Å². The maximum Gasteiger partial charge on any atom is 0.236 e. The second kappa shape index (κ2) is 9.91. The molecule has 0 heterocycles. The molecule has 6 heteroatoms. The number of sulfone groups is 1. The van der Waals surface area contributed by atoms with Crippen molar-refractivity contribution in [3.05, 3.63) is 0 Å². The van der Waals surface area contributed by atoms with Crippen molar-refractivity contribution in [2.45, 2.75) is 71.1 Å². The molecule has 0 radical (unpaired) electrons. The third-order valence-corrected chi connectivity index (χ3v) is 6.87. The van der Waals surface area contributed by atoms with Crippen LogP contribution in [0.4, 0.5) is 0 Å². The Morgan fingerprint density at radius 2 is 1.56 bits per heavy atom.